The molecule has 1 aromatic carbocycles. The Morgan fingerprint density at radius 2 is 1.71 bits per heavy atom. The number of nitrogens with one attached hydrogen (secondary N) is 1. The molecule has 1 atom stereocenters. The van der Waals surface area contributed by atoms with Crippen molar-refractivity contribution in [3.63, 3.8) is 0 Å². The molecular weight excluding hydrogens is 262 g/mol. The predicted molar refractivity (Wildman–Crippen MR) is 89.2 cm³/mol. The molecule has 0 spiro atoms. The Morgan fingerprint density at radius 1 is 1.10 bits per heavy atom. The molecule has 1 rings (SSSR count). The van der Waals surface area contributed by atoms with Crippen LogP contribution in [0.5, 0.6) is 5.75 Å². The second-order valence-electron chi connectivity index (χ2n) is 5.66. The molecule has 0 radical (unpaired) electrons. The van der Waals surface area contributed by atoms with Crippen LogP contribution in [-0.2, 0) is 4.74 Å². The van der Waals surface area contributed by atoms with E-state index in [0.29, 0.717) is 0 Å². The van der Waals surface area contributed by atoms with E-state index in [-0.39, 0.29) is 11.6 Å². The quantitative estimate of drug-likeness (QED) is 0.780. The normalized spacial score (nSPS) is 13.3. The first-order valence-electron chi connectivity index (χ1n) is 7.93. The Balaban J connectivity index is 3.48. The largest absolute Gasteiger partial charge is 0.496 e. The van der Waals surface area contributed by atoms with Gasteiger partial charge in [-0.15, -0.1) is 0 Å². The van der Waals surface area contributed by atoms with Crippen molar-refractivity contribution in [2.24, 2.45) is 0 Å². The van der Waals surface area contributed by atoms with E-state index in [9.17, 15) is 0 Å². The number of hydrogen-bond donors (Lipinski definition) is 1. The summed E-state index contributed by atoms with van der Waals surface area (Å²) in [6.07, 6.45) is 1.91. The fourth-order valence-electron chi connectivity index (χ4n) is 3.30. The zero-order valence-corrected chi connectivity index (χ0v) is 14.7. The van der Waals surface area contributed by atoms with Crippen LogP contribution in [0.4, 0.5) is 0 Å². The highest BCUT2D eigenvalue weighted by molar-refractivity contribution is 5.46. The molecule has 0 amide bonds. The van der Waals surface area contributed by atoms with Crippen molar-refractivity contribution in [2.75, 3.05) is 20.8 Å². The van der Waals surface area contributed by atoms with E-state index >= 15 is 0 Å². The van der Waals surface area contributed by atoms with Crippen molar-refractivity contribution in [3.8, 4) is 5.75 Å². The Hall–Kier alpha value is -1.06. The topological polar surface area (TPSA) is 30.5 Å². The van der Waals surface area contributed by atoms with Crippen molar-refractivity contribution < 1.29 is 9.47 Å². The minimum atomic E-state index is -0.219. The molecular formula is C18H31NO2. The van der Waals surface area contributed by atoms with Crippen LogP contribution >= 0.6 is 0 Å². The summed E-state index contributed by atoms with van der Waals surface area (Å²) in [5.41, 5.74) is 3.47. The molecule has 0 aliphatic rings. The van der Waals surface area contributed by atoms with Gasteiger partial charge in [-0.25, -0.2) is 0 Å². The van der Waals surface area contributed by atoms with Crippen molar-refractivity contribution >= 4 is 0 Å². The first kappa shape index (κ1) is 18.0. The number of aryl methyl sites for hydroxylation is 2. The Labute approximate surface area is 130 Å². The average Bonchev–Trinajstić information content (AvgIpc) is 2.48. The number of methoxy groups -OCH3 is 2. The molecule has 0 saturated heterocycles. The molecule has 3 nitrogen and oxygen atoms in total. The molecule has 1 unspecified atom stereocenters. The molecule has 0 aromatic heterocycles. The Morgan fingerprint density at radius 3 is 2.14 bits per heavy atom. The van der Waals surface area contributed by atoms with Crippen LogP contribution in [0.2, 0.25) is 0 Å². The summed E-state index contributed by atoms with van der Waals surface area (Å²) in [4.78, 5) is 0. The molecule has 0 aliphatic carbocycles. The van der Waals surface area contributed by atoms with Crippen LogP contribution in [0.15, 0.2) is 12.1 Å². The summed E-state index contributed by atoms with van der Waals surface area (Å²) in [5.74, 6) is 0.946. The number of benzene rings is 1. The second-order valence-corrected chi connectivity index (χ2v) is 5.66. The van der Waals surface area contributed by atoms with Gasteiger partial charge in [0.25, 0.3) is 0 Å². The fraction of sp³-hybridized carbons (Fsp3) is 0.667. The number of likely N-dealkylation sites (N-methyl/N-ethyl adjacent to an activating group) is 1. The maximum atomic E-state index is 5.97. The first-order valence-corrected chi connectivity index (χ1v) is 7.93. The highest BCUT2D eigenvalue weighted by Gasteiger charge is 2.38. The van der Waals surface area contributed by atoms with Crippen LogP contribution in [0.25, 0.3) is 0 Å². The van der Waals surface area contributed by atoms with Gasteiger partial charge in [0, 0.05) is 12.7 Å². The third kappa shape index (κ3) is 3.58. The van der Waals surface area contributed by atoms with E-state index in [2.05, 4.69) is 52.1 Å². The average molecular weight is 293 g/mol. The highest BCUT2D eigenvalue weighted by atomic mass is 16.5. The summed E-state index contributed by atoms with van der Waals surface area (Å²) in [7, 11) is 3.56. The van der Waals surface area contributed by atoms with E-state index in [1.54, 1.807) is 7.11 Å². The molecule has 1 N–H and O–H groups in total. The summed E-state index contributed by atoms with van der Waals surface area (Å²) >= 11 is 0. The molecule has 1 aromatic rings. The smallest absolute Gasteiger partial charge is 0.124 e. The van der Waals surface area contributed by atoms with Crippen molar-refractivity contribution in [1.82, 2.24) is 5.32 Å². The van der Waals surface area contributed by atoms with E-state index in [0.717, 1.165) is 25.1 Å². The predicted octanol–water partition coefficient (Wildman–Crippen LogP) is 4.17. The lowest BCUT2D eigenvalue weighted by Crippen LogP contribution is -2.45. The third-order valence-corrected chi connectivity index (χ3v) is 4.54. The SMILES string of the molecule is CCNC(c1c(C)cc(C)cc1OC)C(CC)(CC)OC. The van der Waals surface area contributed by atoms with Gasteiger partial charge >= 0.3 is 0 Å². The summed E-state index contributed by atoms with van der Waals surface area (Å²) < 4.78 is 11.6. The molecule has 120 valence electrons. The lowest BCUT2D eigenvalue weighted by atomic mass is 9.81. The molecule has 21 heavy (non-hydrogen) atoms. The van der Waals surface area contributed by atoms with Crippen LogP contribution < -0.4 is 10.1 Å². The van der Waals surface area contributed by atoms with Crippen LogP contribution in [0.3, 0.4) is 0 Å². The number of ether oxygens (including phenoxy) is 2. The van der Waals surface area contributed by atoms with Crippen molar-refractivity contribution in [2.45, 2.75) is 59.1 Å². The van der Waals surface area contributed by atoms with Gasteiger partial charge < -0.3 is 14.8 Å². The van der Waals surface area contributed by atoms with E-state index < -0.39 is 0 Å². The van der Waals surface area contributed by atoms with Gasteiger partial charge in [0.05, 0.1) is 18.8 Å². The minimum absolute atomic E-state index is 0.123. The molecule has 0 heterocycles. The molecule has 0 aliphatic heterocycles. The van der Waals surface area contributed by atoms with Crippen LogP contribution in [-0.4, -0.2) is 26.4 Å². The molecule has 0 fully saturated rings. The minimum Gasteiger partial charge on any atom is -0.496 e. The Bertz CT molecular complexity index is 445. The Kier molecular flexibility index (Phi) is 6.69. The summed E-state index contributed by atoms with van der Waals surface area (Å²) in [6, 6.07) is 4.45. The van der Waals surface area contributed by atoms with Gasteiger partial charge in [0.1, 0.15) is 5.75 Å². The van der Waals surface area contributed by atoms with E-state index in [1.807, 2.05) is 7.11 Å². The third-order valence-electron chi connectivity index (χ3n) is 4.54. The lowest BCUT2D eigenvalue weighted by Gasteiger charge is -2.40. The highest BCUT2D eigenvalue weighted by Crippen LogP contribution is 2.40. The first-order chi connectivity index (χ1) is 9.99. The van der Waals surface area contributed by atoms with Gasteiger partial charge in [-0.3, -0.25) is 0 Å². The van der Waals surface area contributed by atoms with Gasteiger partial charge in [0.2, 0.25) is 0 Å². The van der Waals surface area contributed by atoms with Crippen molar-refractivity contribution in [3.05, 3.63) is 28.8 Å². The van der Waals surface area contributed by atoms with Crippen LogP contribution in [0, 0.1) is 13.8 Å². The maximum absolute atomic E-state index is 5.97. The van der Waals surface area contributed by atoms with Gasteiger partial charge in [0.15, 0.2) is 0 Å². The standard InChI is InChI=1S/C18H31NO2/c1-8-18(9-2,21-7)17(19-10-3)16-14(5)11-13(4)12-15(16)20-6/h11-12,17,19H,8-10H2,1-7H3. The van der Waals surface area contributed by atoms with Gasteiger partial charge in [-0.2, -0.15) is 0 Å². The summed E-state index contributed by atoms with van der Waals surface area (Å²) in [6.45, 7) is 11.7. The lowest BCUT2D eigenvalue weighted by molar-refractivity contribution is -0.0488. The second kappa shape index (κ2) is 7.81. The number of hydrogen-bond acceptors (Lipinski definition) is 3. The molecule has 0 bridgehead atoms. The van der Waals surface area contributed by atoms with Crippen LogP contribution in [0.1, 0.15) is 56.3 Å². The van der Waals surface area contributed by atoms with E-state index in [4.69, 9.17) is 9.47 Å². The van der Waals surface area contributed by atoms with Gasteiger partial charge in [-0.1, -0.05) is 26.8 Å². The zero-order valence-electron chi connectivity index (χ0n) is 14.7. The monoisotopic (exact) mass is 293 g/mol. The number of rotatable bonds is 8. The summed E-state index contributed by atoms with van der Waals surface area (Å²) in [5, 5.41) is 3.62. The van der Waals surface area contributed by atoms with Gasteiger partial charge in [-0.05, 0) is 50.4 Å². The zero-order chi connectivity index (χ0) is 16.0. The fourth-order valence-corrected chi connectivity index (χ4v) is 3.30. The molecule has 0 saturated carbocycles. The molecule has 3 heteroatoms. The van der Waals surface area contributed by atoms with E-state index in [1.165, 1.54) is 16.7 Å². The van der Waals surface area contributed by atoms with Crippen molar-refractivity contribution in [1.29, 1.82) is 0 Å². The maximum Gasteiger partial charge on any atom is 0.124 e.